The predicted molar refractivity (Wildman–Crippen MR) is 83.9 cm³/mol. The molecule has 0 aliphatic heterocycles. The summed E-state index contributed by atoms with van der Waals surface area (Å²) in [7, 11) is 0. The fourth-order valence-corrected chi connectivity index (χ4v) is 2.58. The van der Waals surface area contributed by atoms with Crippen LogP contribution in [-0.4, -0.2) is 63.0 Å². The van der Waals surface area contributed by atoms with Gasteiger partial charge in [-0.2, -0.15) is 70.2 Å². The lowest BCUT2D eigenvalue weighted by molar-refractivity contribution is -0.453. The van der Waals surface area contributed by atoms with Crippen LogP contribution >= 0.6 is 22.6 Å². The van der Waals surface area contributed by atoms with Crippen molar-refractivity contribution in [3.63, 3.8) is 0 Å². The van der Waals surface area contributed by atoms with Gasteiger partial charge in [0.25, 0.3) is 0 Å². The predicted octanol–water partition coefficient (Wildman–Crippen LogP) is 6.83. The van der Waals surface area contributed by atoms with Gasteiger partial charge in [0.1, 0.15) is 0 Å². The van der Waals surface area contributed by atoms with E-state index in [0.717, 1.165) is 22.6 Å². The second-order valence-electron chi connectivity index (χ2n) is 6.33. The van der Waals surface area contributed by atoms with Gasteiger partial charge in [-0.25, -0.2) is 0 Å². The van der Waals surface area contributed by atoms with Crippen LogP contribution in [-0.2, 0) is 0 Å². The number of hydrogen-bond donors (Lipinski definition) is 1. The zero-order valence-electron chi connectivity index (χ0n) is 14.9. The van der Waals surface area contributed by atoms with Crippen LogP contribution < -0.4 is 0 Å². The highest BCUT2D eigenvalue weighted by molar-refractivity contribution is 14.1. The molecular formula is C14H11F16IO. The van der Waals surface area contributed by atoms with E-state index in [-0.39, 0.29) is 6.08 Å². The first kappa shape index (κ1) is 31.3. The zero-order chi connectivity index (χ0) is 26.4. The van der Waals surface area contributed by atoms with Crippen LogP contribution in [0.2, 0.25) is 0 Å². The normalized spacial score (nSPS) is 16.8. The molecule has 0 aromatic carbocycles. The van der Waals surface area contributed by atoms with E-state index >= 15 is 0 Å². The van der Waals surface area contributed by atoms with Crippen LogP contribution in [0.1, 0.15) is 12.8 Å². The highest BCUT2D eigenvalue weighted by Crippen LogP contribution is 2.64. The Hall–Kier alpha value is -0.690. The highest BCUT2D eigenvalue weighted by Gasteiger charge is 2.94. The van der Waals surface area contributed by atoms with Gasteiger partial charge in [-0.3, -0.25) is 0 Å². The van der Waals surface area contributed by atoms with Gasteiger partial charge in [0.15, 0.2) is 0 Å². The Bertz CT molecular complexity index is 674. The molecule has 1 unspecified atom stereocenters. The molecule has 0 fully saturated rings. The van der Waals surface area contributed by atoms with E-state index in [1.165, 1.54) is 0 Å². The van der Waals surface area contributed by atoms with E-state index in [1.54, 1.807) is 0 Å². The lowest BCUT2D eigenvalue weighted by Gasteiger charge is -2.43. The van der Waals surface area contributed by atoms with Gasteiger partial charge in [0.05, 0.1) is 6.61 Å². The molecule has 1 nitrogen and oxygen atoms in total. The van der Waals surface area contributed by atoms with Crippen LogP contribution in [0.15, 0.2) is 12.7 Å². The average molecular weight is 626 g/mol. The van der Waals surface area contributed by atoms with E-state index in [1.807, 2.05) is 0 Å². The van der Waals surface area contributed by atoms with Crippen molar-refractivity contribution >= 4 is 22.6 Å². The summed E-state index contributed by atoms with van der Waals surface area (Å²) >= 11 is 0.721. The fraction of sp³-hybridized carbons (Fsp3) is 0.857. The number of aliphatic hydroxyl groups excluding tert-OH is 1. The second-order valence-corrected chi connectivity index (χ2v) is 8.09. The molecule has 0 saturated heterocycles. The molecule has 0 heterocycles. The van der Waals surface area contributed by atoms with Gasteiger partial charge in [0.2, 0.25) is 0 Å². The minimum Gasteiger partial charge on any atom is -0.395 e. The SMILES string of the molecule is C=CCC(F)(F)C(F)(F)C(F)(F)C(F)(F)C(F)(F)C(F)(F)C(F)(F)C(F)(F)CC(I)CO. The van der Waals surface area contributed by atoms with Gasteiger partial charge in [0, 0.05) is 16.8 Å². The first-order valence-electron chi connectivity index (χ1n) is 7.65. The number of alkyl halides is 17. The van der Waals surface area contributed by atoms with Crippen molar-refractivity contribution in [3.8, 4) is 0 Å². The second kappa shape index (κ2) is 8.83. The molecular weight excluding hydrogens is 615 g/mol. The molecule has 32 heavy (non-hydrogen) atoms. The summed E-state index contributed by atoms with van der Waals surface area (Å²) in [6.45, 7) is 0.915. The quantitative estimate of drug-likeness (QED) is 0.109. The van der Waals surface area contributed by atoms with Crippen LogP contribution in [0.5, 0.6) is 0 Å². The smallest absolute Gasteiger partial charge is 0.384 e. The number of rotatable bonds is 12. The highest BCUT2D eigenvalue weighted by atomic mass is 127. The lowest BCUT2D eigenvalue weighted by Crippen LogP contribution is -2.74. The standard InChI is InChI=1S/C14H11F16IO/c1-2-3-7(15,16)9(19,20)11(23,24)13(27,28)14(29,30)12(25,26)10(21,22)8(17,18)4-6(31)5-32/h2,6,32H,1,3-5H2. The van der Waals surface area contributed by atoms with Crippen molar-refractivity contribution in [1.29, 1.82) is 0 Å². The minimum atomic E-state index is -8.43. The van der Waals surface area contributed by atoms with Crippen LogP contribution in [0.3, 0.4) is 0 Å². The third-order valence-electron chi connectivity index (χ3n) is 3.97. The molecule has 0 rings (SSSR count). The Morgan fingerprint density at radius 1 is 0.594 bits per heavy atom. The maximum Gasteiger partial charge on any atom is 0.384 e. The minimum absolute atomic E-state index is 0.273. The monoisotopic (exact) mass is 626 g/mol. The Labute approximate surface area is 181 Å². The molecule has 1 atom stereocenters. The Kier molecular flexibility index (Phi) is 8.64. The maximum absolute atomic E-state index is 13.6. The van der Waals surface area contributed by atoms with Crippen molar-refractivity contribution < 1.29 is 75.4 Å². The Morgan fingerprint density at radius 3 is 1.16 bits per heavy atom. The van der Waals surface area contributed by atoms with Gasteiger partial charge < -0.3 is 5.11 Å². The Balaban J connectivity index is 6.70. The topological polar surface area (TPSA) is 20.2 Å². The van der Waals surface area contributed by atoms with E-state index in [0.29, 0.717) is 0 Å². The molecule has 0 saturated carbocycles. The van der Waals surface area contributed by atoms with E-state index < -0.39 is 70.8 Å². The molecule has 0 aromatic rings. The van der Waals surface area contributed by atoms with Gasteiger partial charge in [-0.15, -0.1) is 6.58 Å². The summed E-state index contributed by atoms with van der Waals surface area (Å²) in [6, 6.07) is 0. The summed E-state index contributed by atoms with van der Waals surface area (Å²) in [5.41, 5.74) is 0. The van der Waals surface area contributed by atoms with Crippen molar-refractivity contribution in [2.75, 3.05) is 6.61 Å². The first-order chi connectivity index (χ1) is 13.8. The van der Waals surface area contributed by atoms with Crippen molar-refractivity contribution in [2.24, 2.45) is 0 Å². The molecule has 18 heteroatoms. The number of allylic oxidation sites excluding steroid dienone is 1. The molecule has 0 aromatic heterocycles. The molecule has 1 N–H and O–H groups in total. The molecule has 192 valence electrons. The van der Waals surface area contributed by atoms with Gasteiger partial charge in [-0.1, -0.05) is 28.7 Å². The van der Waals surface area contributed by atoms with Crippen LogP contribution in [0.25, 0.3) is 0 Å². The average Bonchev–Trinajstić information content (AvgIpc) is 2.59. The van der Waals surface area contributed by atoms with Crippen molar-refractivity contribution in [3.05, 3.63) is 12.7 Å². The van der Waals surface area contributed by atoms with Crippen LogP contribution in [0, 0.1) is 0 Å². The molecule has 0 aliphatic carbocycles. The summed E-state index contributed by atoms with van der Waals surface area (Å²) in [5, 5.41) is 8.47. The van der Waals surface area contributed by atoms with E-state index in [9.17, 15) is 70.2 Å². The summed E-state index contributed by atoms with van der Waals surface area (Å²) in [5.74, 6) is -61.1. The molecule has 0 spiro atoms. The number of halogens is 17. The lowest BCUT2D eigenvalue weighted by atomic mass is 9.86. The largest absolute Gasteiger partial charge is 0.395 e. The summed E-state index contributed by atoms with van der Waals surface area (Å²) < 4.78 is 213. The van der Waals surface area contributed by atoms with Crippen molar-refractivity contribution in [2.45, 2.75) is 64.1 Å². The zero-order valence-corrected chi connectivity index (χ0v) is 17.0. The summed E-state index contributed by atoms with van der Waals surface area (Å²) in [4.78, 5) is 0. The molecule has 0 aliphatic rings. The van der Waals surface area contributed by atoms with E-state index in [2.05, 4.69) is 6.58 Å². The molecule has 0 radical (unpaired) electrons. The van der Waals surface area contributed by atoms with Crippen molar-refractivity contribution in [1.82, 2.24) is 0 Å². The number of aliphatic hydroxyl groups is 1. The third kappa shape index (κ3) is 4.37. The summed E-state index contributed by atoms with van der Waals surface area (Å²) in [6.07, 6.45) is -5.44. The van der Waals surface area contributed by atoms with E-state index in [4.69, 9.17) is 5.11 Å². The molecule has 0 bridgehead atoms. The van der Waals surface area contributed by atoms with Gasteiger partial charge in [-0.05, 0) is 0 Å². The van der Waals surface area contributed by atoms with Gasteiger partial charge >= 0.3 is 47.4 Å². The first-order valence-corrected chi connectivity index (χ1v) is 8.89. The Morgan fingerprint density at radius 2 is 0.875 bits per heavy atom. The third-order valence-corrected chi connectivity index (χ3v) is 4.80. The van der Waals surface area contributed by atoms with Crippen LogP contribution in [0.4, 0.5) is 70.2 Å². The fourth-order valence-electron chi connectivity index (χ4n) is 2.03. The maximum atomic E-state index is 13.6. The number of hydrogen-bond acceptors (Lipinski definition) is 1. The molecule has 0 amide bonds.